The lowest BCUT2D eigenvalue weighted by Crippen LogP contribution is -2.31. The molecule has 26 heavy (non-hydrogen) atoms. The van der Waals surface area contributed by atoms with E-state index in [1.807, 2.05) is 47.4 Å². The van der Waals surface area contributed by atoms with Crippen molar-refractivity contribution in [1.29, 1.82) is 0 Å². The van der Waals surface area contributed by atoms with Crippen LogP contribution in [0, 0.1) is 0 Å². The largest absolute Gasteiger partial charge is 0.383 e. The Bertz CT molecular complexity index is 909. The summed E-state index contributed by atoms with van der Waals surface area (Å²) < 4.78 is 6.85. The smallest absolute Gasteiger partial charge is 0.224 e. The SMILES string of the molecule is COCCN1C[C@H](Nc2cc(-c3ccccc3)nc3ccnn23)CC1=O. The Morgan fingerprint density at radius 2 is 2.12 bits per heavy atom. The highest BCUT2D eigenvalue weighted by Gasteiger charge is 2.29. The lowest BCUT2D eigenvalue weighted by Gasteiger charge is -2.18. The minimum atomic E-state index is 0.0396. The predicted molar refractivity (Wildman–Crippen MR) is 98.9 cm³/mol. The van der Waals surface area contributed by atoms with Gasteiger partial charge in [0.05, 0.1) is 24.5 Å². The van der Waals surface area contributed by atoms with Gasteiger partial charge >= 0.3 is 0 Å². The molecule has 1 aliphatic heterocycles. The first-order valence-electron chi connectivity index (χ1n) is 8.68. The number of amides is 1. The maximum Gasteiger partial charge on any atom is 0.224 e. The molecule has 0 aliphatic carbocycles. The van der Waals surface area contributed by atoms with Crippen LogP contribution in [0.3, 0.4) is 0 Å². The lowest BCUT2D eigenvalue weighted by molar-refractivity contribution is -0.128. The van der Waals surface area contributed by atoms with Gasteiger partial charge in [0, 0.05) is 44.3 Å². The minimum absolute atomic E-state index is 0.0396. The summed E-state index contributed by atoms with van der Waals surface area (Å²) in [5.41, 5.74) is 2.69. The third kappa shape index (κ3) is 3.25. The summed E-state index contributed by atoms with van der Waals surface area (Å²) in [5, 5.41) is 7.83. The summed E-state index contributed by atoms with van der Waals surface area (Å²) >= 11 is 0. The van der Waals surface area contributed by atoms with Gasteiger partial charge in [-0.2, -0.15) is 9.61 Å². The second kappa shape index (κ2) is 7.13. The minimum Gasteiger partial charge on any atom is -0.383 e. The molecule has 0 unspecified atom stereocenters. The monoisotopic (exact) mass is 351 g/mol. The topological polar surface area (TPSA) is 71.8 Å². The number of anilines is 1. The van der Waals surface area contributed by atoms with Crippen LogP contribution in [0.15, 0.2) is 48.7 Å². The van der Waals surface area contributed by atoms with Gasteiger partial charge in [0.2, 0.25) is 5.91 Å². The molecule has 0 saturated carbocycles. The number of rotatable bonds is 6. The van der Waals surface area contributed by atoms with Gasteiger partial charge in [-0.3, -0.25) is 4.79 Å². The van der Waals surface area contributed by atoms with Crippen molar-refractivity contribution in [2.75, 3.05) is 32.1 Å². The molecule has 1 atom stereocenters. The third-order valence-electron chi connectivity index (χ3n) is 4.56. The van der Waals surface area contributed by atoms with Gasteiger partial charge in [0.1, 0.15) is 5.82 Å². The van der Waals surface area contributed by atoms with E-state index in [1.165, 1.54) is 0 Å². The molecular formula is C19H21N5O2. The number of hydrogen-bond donors (Lipinski definition) is 1. The number of nitrogens with zero attached hydrogens (tertiary/aromatic N) is 4. The number of carbonyl (C=O) groups is 1. The molecule has 134 valence electrons. The molecule has 1 aliphatic rings. The van der Waals surface area contributed by atoms with Gasteiger partial charge in [0.25, 0.3) is 0 Å². The van der Waals surface area contributed by atoms with E-state index < -0.39 is 0 Å². The molecule has 7 nitrogen and oxygen atoms in total. The fourth-order valence-corrected chi connectivity index (χ4v) is 3.27. The number of likely N-dealkylation sites (tertiary alicyclic amines) is 1. The molecule has 0 radical (unpaired) electrons. The Morgan fingerprint density at radius 3 is 2.92 bits per heavy atom. The number of aromatic nitrogens is 3. The molecule has 3 aromatic rings. The normalized spacial score (nSPS) is 17.2. The first-order valence-corrected chi connectivity index (χ1v) is 8.68. The molecule has 0 spiro atoms. The zero-order valence-corrected chi connectivity index (χ0v) is 14.6. The number of carbonyl (C=O) groups excluding carboxylic acids is 1. The fraction of sp³-hybridized carbons (Fsp3) is 0.316. The standard InChI is InChI=1S/C19H21N5O2/c1-26-10-9-23-13-15(11-19(23)25)21-18-12-16(14-5-3-2-4-6-14)22-17-7-8-20-24(17)18/h2-8,12,15,21H,9-11,13H2,1H3/t15-/m1/s1. The Morgan fingerprint density at radius 1 is 1.27 bits per heavy atom. The summed E-state index contributed by atoms with van der Waals surface area (Å²) in [6.07, 6.45) is 2.20. The van der Waals surface area contributed by atoms with Crippen LogP contribution < -0.4 is 5.32 Å². The van der Waals surface area contributed by atoms with Gasteiger partial charge in [0.15, 0.2) is 5.65 Å². The van der Waals surface area contributed by atoms with Crippen LogP contribution in [0.25, 0.3) is 16.9 Å². The quantitative estimate of drug-likeness (QED) is 0.736. The first-order chi connectivity index (χ1) is 12.7. The molecular weight excluding hydrogens is 330 g/mol. The number of nitrogens with one attached hydrogen (secondary N) is 1. The van der Waals surface area contributed by atoms with E-state index in [-0.39, 0.29) is 11.9 Å². The van der Waals surface area contributed by atoms with Crippen molar-refractivity contribution >= 4 is 17.4 Å². The summed E-state index contributed by atoms with van der Waals surface area (Å²) in [6.45, 7) is 1.83. The van der Waals surface area contributed by atoms with E-state index >= 15 is 0 Å². The summed E-state index contributed by atoms with van der Waals surface area (Å²) in [4.78, 5) is 18.7. The van der Waals surface area contributed by atoms with Crippen molar-refractivity contribution < 1.29 is 9.53 Å². The Kier molecular flexibility index (Phi) is 4.53. The van der Waals surface area contributed by atoms with E-state index in [1.54, 1.807) is 17.8 Å². The Hall–Kier alpha value is -2.93. The van der Waals surface area contributed by atoms with Crippen LogP contribution in [-0.4, -0.2) is 58.3 Å². The molecule has 1 amide bonds. The summed E-state index contributed by atoms with van der Waals surface area (Å²) in [6, 6.07) is 13.9. The zero-order chi connectivity index (χ0) is 17.9. The van der Waals surface area contributed by atoms with E-state index in [0.29, 0.717) is 26.1 Å². The molecule has 1 saturated heterocycles. The van der Waals surface area contributed by atoms with Crippen molar-refractivity contribution in [3.63, 3.8) is 0 Å². The van der Waals surface area contributed by atoms with Crippen LogP contribution in [-0.2, 0) is 9.53 Å². The lowest BCUT2D eigenvalue weighted by atomic mass is 10.1. The second-order valence-corrected chi connectivity index (χ2v) is 6.37. The van der Waals surface area contributed by atoms with Crippen LogP contribution >= 0.6 is 0 Å². The van der Waals surface area contributed by atoms with Crippen molar-refractivity contribution in [2.24, 2.45) is 0 Å². The third-order valence-corrected chi connectivity index (χ3v) is 4.56. The average molecular weight is 351 g/mol. The fourth-order valence-electron chi connectivity index (χ4n) is 3.27. The van der Waals surface area contributed by atoms with Gasteiger partial charge in [-0.1, -0.05) is 30.3 Å². The van der Waals surface area contributed by atoms with E-state index in [2.05, 4.69) is 15.4 Å². The van der Waals surface area contributed by atoms with Crippen LogP contribution in [0.2, 0.25) is 0 Å². The Balaban J connectivity index is 1.60. The number of methoxy groups -OCH3 is 1. The number of ether oxygens (including phenoxy) is 1. The van der Waals surface area contributed by atoms with Crippen LogP contribution in [0.4, 0.5) is 5.82 Å². The maximum absolute atomic E-state index is 12.2. The van der Waals surface area contributed by atoms with E-state index in [0.717, 1.165) is 22.7 Å². The molecule has 1 aromatic carbocycles. The molecule has 2 aromatic heterocycles. The van der Waals surface area contributed by atoms with Crippen molar-refractivity contribution in [3.05, 3.63) is 48.7 Å². The molecule has 3 heterocycles. The highest BCUT2D eigenvalue weighted by atomic mass is 16.5. The van der Waals surface area contributed by atoms with E-state index in [4.69, 9.17) is 4.74 Å². The average Bonchev–Trinajstić information content (AvgIpc) is 3.27. The molecule has 7 heteroatoms. The highest BCUT2D eigenvalue weighted by molar-refractivity contribution is 5.80. The van der Waals surface area contributed by atoms with Gasteiger partial charge in [-0.25, -0.2) is 4.98 Å². The maximum atomic E-state index is 12.2. The second-order valence-electron chi connectivity index (χ2n) is 6.37. The molecule has 1 N–H and O–H groups in total. The first kappa shape index (κ1) is 16.5. The number of fused-ring (bicyclic) bond motifs is 1. The molecule has 1 fully saturated rings. The van der Waals surface area contributed by atoms with E-state index in [9.17, 15) is 4.79 Å². The van der Waals surface area contributed by atoms with Gasteiger partial charge in [-0.15, -0.1) is 0 Å². The van der Waals surface area contributed by atoms with Crippen molar-refractivity contribution in [3.8, 4) is 11.3 Å². The van der Waals surface area contributed by atoms with Crippen LogP contribution in [0.1, 0.15) is 6.42 Å². The van der Waals surface area contributed by atoms with Gasteiger partial charge < -0.3 is 15.0 Å². The summed E-state index contributed by atoms with van der Waals surface area (Å²) in [5.74, 6) is 0.985. The number of benzene rings is 1. The summed E-state index contributed by atoms with van der Waals surface area (Å²) in [7, 11) is 1.65. The number of hydrogen-bond acceptors (Lipinski definition) is 5. The molecule has 0 bridgehead atoms. The van der Waals surface area contributed by atoms with Crippen molar-refractivity contribution in [1.82, 2.24) is 19.5 Å². The van der Waals surface area contributed by atoms with Gasteiger partial charge in [-0.05, 0) is 0 Å². The predicted octanol–water partition coefficient (Wildman–Crippen LogP) is 2.06. The Labute approximate surface area is 151 Å². The molecule has 4 rings (SSSR count). The van der Waals surface area contributed by atoms with Crippen LogP contribution in [0.5, 0.6) is 0 Å². The zero-order valence-electron chi connectivity index (χ0n) is 14.6. The van der Waals surface area contributed by atoms with Crippen molar-refractivity contribution in [2.45, 2.75) is 12.5 Å². The highest BCUT2D eigenvalue weighted by Crippen LogP contribution is 2.24.